The van der Waals surface area contributed by atoms with Gasteiger partial charge in [0.15, 0.2) is 5.60 Å². The molecule has 1 saturated carbocycles. The zero-order valence-corrected chi connectivity index (χ0v) is 6.22. The summed E-state index contributed by atoms with van der Waals surface area (Å²) in [6, 6.07) is 0. The molecular formula is C7H9NO3. The summed E-state index contributed by atoms with van der Waals surface area (Å²) in [4.78, 5) is 21.8. The average molecular weight is 155 g/mol. The minimum Gasteiger partial charge on any atom is -0.432 e. The molecular weight excluding hydrogens is 146 g/mol. The molecule has 0 radical (unpaired) electrons. The number of alkyl carbamates (subject to hydrolysis) is 1. The number of carbonyl (C=O) groups excluding carboxylic acids is 2. The fourth-order valence-corrected chi connectivity index (χ4v) is 1.38. The zero-order valence-electron chi connectivity index (χ0n) is 6.22. The molecule has 2 fully saturated rings. The van der Waals surface area contributed by atoms with Gasteiger partial charge in [-0.3, -0.25) is 10.1 Å². The Morgan fingerprint density at radius 3 is 2.55 bits per heavy atom. The second kappa shape index (κ2) is 1.75. The van der Waals surface area contributed by atoms with Crippen molar-refractivity contribution in [1.29, 1.82) is 0 Å². The van der Waals surface area contributed by atoms with Gasteiger partial charge < -0.3 is 4.74 Å². The van der Waals surface area contributed by atoms with Gasteiger partial charge >= 0.3 is 6.09 Å². The molecule has 1 unspecified atom stereocenters. The third kappa shape index (κ3) is 0.818. The van der Waals surface area contributed by atoms with Crippen LogP contribution in [0.15, 0.2) is 0 Å². The molecule has 0 bridgehead atoms. The van der Waals surface area contributed by atoms with Gasteiger partial charge in [-0.05, 0) is 19.8 Å². The monoisotopic (exact) mass is 155 g/mol. The van der Waals surface area contributed by atoms with E-state index in [1.54, 1.807) is 6.92 Å². The fourth-order valence-electron chi connectivity index (χ4n) is 1.38. The van der Waals surface area contributed by atoms with E-state index in [1.807, 2.05) is 0 Å². The van der Waals surface area contributed by atoms with Crippen LogP contribution in [0.5, 0.6) is 0 Å². The first kappa shape index (κ1) is 6.64. The third-order valence-electron chi connectivity index (χ3n) is 2.33. The van der Waals surface area contributed by atoms with Gasteiger partial charge in [-0.1, -0.05) is 0 Å². The van der Waals surface area contributed by atoms with Gasteiger partial charge in [0.25, 0.3) is 5.91 Å². The van der Waals surface area contributed by atoms with E-state index in [9.17, 15) is 9.59 Å². The van der Waals surface area contributed by atoms with Crippen LogP contribution in [0.4, 0.5) is 4.79 Å². The molecule has 1 heterocycles. The first-order valence-electron chi connectivity index (χ1n) is 3.67. The van der Waals surface area contributed by atoms with E-state index in [1.165, 1.54) is 0 Å². The van der Waals surface area contributed by atoms with Crippen molar-refractivity contribution in [1.82, 2.24) is 5.32 Å². The van der Waals surface area contributed by atoms with E-state index >= 15 is 0 Å². The lowest BCUT2D eigenvalue weighted by Crippen LogP contribution is -2.37. The van der Waals surface area contributed by atoms with Crippen LogP contribution in [0.2, 0.25) is 0 Å². The van der Waals surface area contributed by atoms with Crippen molar-refractivity contribution in [2.45, 2.75) is 25.4 Å². The number of carbonyl (C=O) groups is 2. The van der Waals surface area contributed by atoms with Gasteiger partial charge in [0, 0.05) is 5.92 Å². The molecule has 0 spiro atoms. The highest BCUT2D eigenvalue weighted by Crippen LogP contribution is 2.43. The van der Waals surface area contributed by atoms with Crippen LogP contribution in [-0.2, 0) is 9.53 Å². The third-order valence-corrected chi connectivity index (χ3v) is 2.33. The molecule has 1 N–H and O–H groups in total. The van der Waals surface area contributed by atoms with Gasteiger partial charge in [-0.2, -0.15) is 0 Å². The topological polar surface area (TPSA) is 55.4 Å². The van der Waals surface area contributed by atoms with Crippen LogP contribution < -0.4 is 5.32 Å². The SMILES string of the molecule is CC1(C2CC2)OC(=O)NC1=O. The Hall–Kier alpha value is -1.06. The van der Waals surface area contributed by atoms with Gasteiger partial charge in [-0.15, -0.1) is 0 Å². The number of imide groups is 1. The number of rotatable bonds is 1. The molecule has 60 valence electrons. The minimum absolute atomic E-state index is 0.244. The lowest BCUT2D eigenvalue weighted by molar-refractivity contribution is -0.131. The Morgan fingerprint density at radius 2 is 2.18 bits per heavy atom. The normalized spacial score (nSPS) is 36.8. The standard InChI is InChI=1S/C7H9NO3/c1-7(4-2-3-4)5(9)8-6(10)11-7/h4H,2-3H2,1H3,(H,8,9,10). The van der Waals surface area contributed by atoms with Gasteiger partial charge in [0.05, 0.1) is 0 Å². The summed E-state index contributed by atoms with van der Waals surface area (Å²) in [5, 5.41) is 2.13. The molecule has 4 nitrogen and oxygen atoms in total. The molecule has 1 aliphatic heterocycles. The predicted octanol–water partition coefficient (Wildman–Crippen LogP) is 0.422. The Labute approximate surface area is 63.9 Å². The number of amides is 2. The molecule has 2 amide bonds. The summed E-state index contributed by atoms with van der Waals surface area (Å²) in [5.74, 6) is -0.0426. The summed E-state index contributed by atoms with van der Waals surface area (Å²) >= 11 is 0. The van der Waals surface area contributed by atoms with E-state index in [0.29, 0.717) is 0 Å². The van der Waals surface area contributed by atoms with E-state index in [0.717, 1.165) is 12.8 Å². The van der Waals surface area contributed by atoms with Crippen molar-refractivity contribution in [3.8, 4) is 0 Å². The van der Waals surface area contributed by atoms with E-state index in [-0.39, 0.29) is 11.8 Å². The Morgan fingerprint density at radius 1 is 1.55 bits per heavy atom. The lowest BCUT2D eigenvalue weighted by atomic mass is 10.0. The quantitative estimate of drug-likeness (QED) is 0.597. The summed E-state index contributed by atoms with van der Waals surface area (Å²) < 4.78 is 4.89. The Balaban J connectivity index is 2.23. The largest absolute Gasteiger partial charge is 0.432 e. The van der Waals surface area contributed by atoms with Crippen LogP contribution in [0.1, 0.15) is 19.8 Å². The molecule has 4 heteroatoms. The number of hydrogen-bond donors (Lipinski definition) is 1. The fraction of sp³-hybridized carbons (Fsp3) is 0.714. The zero-order chi connectivity index (χ0) is 8.06. The van der Waals surface area contributed by atoms with Crippen LogP contribution in [0, 0.1) is 5.92 Å². The smallest absolute Gasteiger partial charge is 0.415 e. The first-order chi connectivity index (χ1) is 5.13. The molecule has 0 aromatic rings. The molecule has 1 saturated heterocycles. The van der Waals surface area contributed by atoms with Crippen LogP contribution >= 0.6 is 0 Å². The molecule has 11 heavy (non-hydrogen) atoms. The average Bonchev–Trinajstić information content (AvgIpc) is 2.63. The molecule has 0 aromatic heterocycles. The van der Waals surface area contributed by atoms with Crippen LogP contribution in [-0.4, -0.2) is 17.6 Å². The number of cyclic esters (lactones) is 1. The second-order valence-electron chi connectivity index (χ2n) is 3.22. The molecule has 1 aliphatic carbocycles. The lowest BCUT2D eigenvalue weighted by Gasteiger charge is -2.17. The molecule has 1 atom stereocenters. The number of hydrogen-bond acceptors (Lipinski definition) is 3. The highest BCUT2D eigenvalue weighted by atomic mass is 16.6. The first-order valence-corrected chi connectivity index (χ1v) is 3.67. The van der Waals surface area contributed by atoms with Crippen molar-refractivity contribution in [2.24, 2.45) is 5.92 Å². The van der Waals surface area contributed by atoms with E-state index in [2.05, 4.69) is 5.32 Å². The maximum Gasteiger partial charge on any atom is 0.415 e. The summed E-state index contributed by atoms with van der Waals surface area (Å²) in [6.07, 6.45) is 1.36. The van der Waals surface area contributed by atoms with Crippen LogP contribution in [0.25, 0.3) is 0 Å². The van der Waals surface area contributed by atoms with Crippen molar-refractivity contribution in [3.63, 3.8) is 0 Å². The Bertz CT molecular complexity index is 234. The van der Waals surface area contributed by atoms with Crippen LogP contribution in [0.3, 0.4) is 0 Å². The molecule has 0 aromatic carbocycles. The summed E-state index contributed by atoms with van der Waals surface area (Å²) in [7, 11) is 0. The minimum atomic E-state index is -0.864. The predicted molar refractivity (Wildman–Crippen MR) is 35.8 cm³/mol. The Kier molecular flexibility index (Phi) is 1.06. The van der Waals surface area contributed by atoms with Gasteiger partial charge in [-0.25, -0.2) is 4.79 Å². The summed E-state index contributed by atoms with van der Waals surface area (Å²) in [6.45, 7) is 1.67. The summed E-state index contributed by atoms with van der Waals surface area (Å²) in [5.41, 5.74) is -0.864. The van der Waals surface area contributed by atoms with Crippen molar-refractivity contribution < 1.29 is 14.3 Å². The second-order valence-corrected chi connectivity index (χ2v) is 3.22. The van der Waals surface area contributed by atoms with E-state index < -0.39 is 11.7 Å². The van der Waals surface area contributed by atoms with Crippen molar-refractivity contribution in [2.75, 3.05) is 0 Å². The molecule has 2 rings (SSSR count). The maximum absolute atomic E-state index is 11.1. The highest BCUT2D eigenvalue weighted by Gasteiger charge is 2.54. The van der Waals surface area contributed by atoms with Crippen molar-refractivity contribution >= 4 is 12.0 Å². The van der Waals surface area contributed by atoms with Gasteiger partial charge in [0.2, 0.25) is 0 Å². The van der Waals surface area contributed by atoms with Crippen molar-refractivity contribution in [3.05, 3.63) is 0 Å². The molecule has 2 aliphatic rings. The van der Waals surface area contributed by atoms with Gasteiger partial charge in [0.1, 0.15) is 0 Å². The van der Waals surface area contributed by atoms with E-state index in [4.69, 9.17) is 4.74 Å². The number of nitrogens with one attached hydrogen (secondary N) is 1. The maximum atomic E-state index is 11.1. The number of ether oxygens (including phenoxy) is 1. The highest BCUT2D eigenvalue weighted by molar-refractivity contribution is 6.02.